The number of likely N-dealkylation sites (N-methyl/N-ethyl adjacent to an activating group) is 1. The van der Waals surface area contributed by atoms with Gasteiger partial charge in [0.05, 0.1) is 17.9 Å². The molecule has 0 fully saturated rings. The van der Waals surface area contributed by atoms with E-state index in [-0.39, 0.29) is 0 Å². The summed E-state index contributed by atoms with van der Waals surface area (Å²) in [6.45, 7) is 0.309. The van der Waals surface area contributed by atoms with Crippen LogP contribution in [0.3, 0.4) is 0 Å². The van der Waals surface area contributed by atoms with Crippen LogP contribution in [0.1, 0.15) is 11.1 Å². The van der Waals surface area contributed by atoms with Gasteiger partial charge in [0.2, 0.25) is 0 Å². The number of hydrogen-bond acceptors (Lipinski definition) is 4. The van der Waals surface area contributed by atoms with Crippen LogP contribution in [-0.4, -0.2) is 35.4 Å². The van der Waals surface area contributed by atoms with Crippen molar-refractivity contribution in [3.63, 3.8) is 0 Å². The molecule has 2 aromatic rings. The lowest BCUT2D eigenvalue weighted by Crippen LogP contribution is -2.25. The Balaban J connectivity index is 2.19. The Bertz CT molecular complexity index is 724. The molecule has 0 atom stereocenters. The Kier molecular flexibility index (Phi) is 3.73. The average Bonchev–Trinajstić information content (AvgIpc) is 2.67. The van der Waals surface area contributed by atoms with Crippen LogP contribution in [0.4, 0.5) is 5.69 Å². The molecule has 5 heteroatoms. The highest BCUT2D eigenvalue weighted by atomic mass is 35.5. The largest absolute Gasteiger partial charge is 0.287 e. The molecule has 0 saturated heterocycles. The summed E-state index contributed by atoms with van der Waals surface area (Å²) in [6.07, 6.45) is 0. The summed E-state index contributed by atoms with van der Waals surface area (Å²) in [4.78, 5) is 9.08. The Hall–Kier alpha value is -2.17. The van der Waals surface area contributed by atoms with Crippen LogP contribution in [0.25, 0.3) is 0 Å². The highest BCUT2D eigenvalue weighted by Gasteiger charge is 2.17. The lowest BCUT2D eigenvalue weighted by Gasteiger charge is -2.10. The van der Waals surface area contributed by atoms with Crippen molar-refractivity contribution in [3.05, 3.63) is 64.7 Å². The molecule has 1 aliphatic rings. The molecule has 0 aliphatic carbocycles. The van der Waals surface area contributed by atoms with Crippen molar-refractivity contribution >= 4 is 28.8 Å². The smallest absolute Gasteiger partial charge is 0.150 e. The number of fused-ring (bicyclic) bond motifs is 1. The first-order valence-electron chi connectivity index (χ1n) is 6.55. The van der Waals surface area contributed by atoms with Crippen LogP contribution in [0.2, 0.25) is 5.02 Å². The monoisotopic (exact) mass is 299 g/mol. The first kappa shape index (κ1) is 13.8. The Morgan fingerprint density at radius 2 is 1.90 bits per heavy atom. The van der Waals surface area contributed by atoms with Crippen molar-refractivity contribution in [3.8, 4) is 0 Å². The third-order valence-electron chi connectivity index (χ3n) is 3.26. The number of hydrogen-bond donors (Lipinski definition) is 1. The first-order chi connectivity index (χ1) is 10.1. The second-order valence-electron chi connectivity index (χ2n) is 4.74. The maximum Gasteiger partial charge on any atom is 0.150 e. The molecule has 1 heterocycles. The highest BCUT2D eigenvalue weighted by Crippen LogP contribution is 2.28. The van der Waals surface area contributed by atoms with E-state index in [0.717, 1.165) is 27.6 Å². The maximum atomic E-state index is 9.65. The van der Waals surface area contributed by atoms with Gasteiger partial charge in [-0.2, -0.15) is 0 Å². The lowest BCUT2D eigenvalue weighted by atomic mass is 10.0. The van der Waals surface area contributed by atoms with Crippen LogP contribution in [0, 0.1) is 0 Å². The Morgan fingerprint density at radius 1 is 1.14 bits per heavy atom. The van der Waals surface area contributed by atoms with Gasteiger partial charge in [0, 0.05) is 23.2 Å². The van der Waals surface area contributed by atoms with E-state index in [1.807, 2.05) is 42.5 Å². The van der Waals surface area contributed by atoms with Crippen LogP contribution < -0.4 is 0 Å². The van der Waals surface area contributed by atoms with E-state index < -0.39 is 0 Å². The number of benzene rings is 2. The molecule has 0 radical (unpaired) electrons. The third-order valence-corrected chi connectivity index (χ3v) is 3.50. The van der Waals surface area contributed by atoms with Crippen molar-refractivity contribution in [2.45, 2.75) is 0 Å². The van der Waals surface area contributed by atoms with Gasteiger partial charge in [-0.1, -0.05) is 41.9 Å². The van der Waals surface area contributed by atoms with Gasteiger partial charge in [0.25, 0.3) is 0 Å². The zero-order valence-corrected chi connectivity index (χ0v) is 12.2. The minimum Gasteiger partial charge on any atom is -0.287 e. The topological polar surface area (TPSA) is 48.2 Å². The van der Waals surface area contributed by atoms with Gasteiger partial charge in [-0.25, -0.2) is 10.1 Å². The molecule has 0 bridgehead atoms. The molecule has 0 spiro atoms. The van der Waals surface area contributed by atoms with Crippen molar-refractivity contribution in [2.24, 2.45) is 9.98 Å². The maximum absolute atomic E-state index is 9.65. The minimum atomic E-state index is 0.309. The summed E-state index contributed by atoms with van der Waals surface area (Å²) in [7, 11) is 1.54. The summed E-state index contributed by atoms with van der Waals surface area (Å²) in [5, 5.41) is 11.3. The minimum absolute atomic E-state index is 0.309. The first-order valence-corrected chi connectivity index (χ1v) is 6.93. The van der Waals surface area contributed by atoms with Crippen molar-refractivity contribution in [1.82, 2.24) is 5.06 Å². The fourth-order valence-corrected chi connectivity index (χ4v) is 2.39. The SMILES string of the molecule is CN(O)C1=Nc2ccc(Cl)cc2C(c2ccccc2)=NC1. The van der Waals surface area contributed by atoms with E-state index in [0.29, 0.717) is 17.4 Å². The molecule has 21 heavy (non-hydrogen) atoms. The van der Waals surface area contributed by atoms with Gasteiger partial charge in [-0.15, -0.1) is 0 Å². The van der Waals surface area contributed by atoms with Gasteiger partial charge < -0.3 is 0 Å². The van der Waals surface area contributed by atoms with Crippen molar-refractivity contribution < 1.29 is 5.21 Å². The van der Waals surface area contributed by atoms with E-state index in [9.17, 15) is 5.21 Å². The predicted octanol–water partition coefficient (Wildman–Crippen LogP) is 3.54. The van der Waals surface area contributed by atoms with Crippen molar-refractivity contribution in [1.29, 1.82) is 0 Å². The molecular weight excluding hydrogens is 286 g/mol. The van der Waals surface area contributed by atoms with Gasteiger partial charge in [0.15, 0.2) is 0 Å². The molecule has 1 N–H and O–H groups in total. The van der Waals surface area contributed by atoms with Crippen LogP contribution in [-0.2, 0) is 0 Å². The van der Waals surface area contributed by atoms with Crippen LogP contribution >= 0.6 is 11.6 Å². The quantitative estimate of drug-likeness (QED) is 0.819. The number of nitrogens with zero attached hydrogens (tertiary/aromatic N) is 3. The van der Waals surface area contributed by atoms with Crippen LogP contribution in [0.15, 0.2) is 58.5 Å². The summed E-state index contributed by atoms with van der Waals surface area (Å²) in [5.74, 6) is 0.490. The molecule has 106 valence electrons. The van der Waals surface area contributed by atoms with Gasteiger partial charge in [-0.3, -0.25) is 10.2 Å². The zero-order valence-electron chi connectivity index (χ0n) is 11.5. The number of rotatable bonds is 1. The summed E-state index contributed by atoms with van der Waals surface area (Å²) in [6, 6.07) is 15.4. The Morgan fingerprint density at radius 3 is 2.62 bits per heavy atom. The number of amidine groups is 1. The molecule has 0 saturated carbocycles. The number of halogens is 1. The number of hydroxylamine groups is 2. The van der Waals surface area contributed by atoms with E-state index in [2.05, 4.69) is 9.98 Å². The molecular formula is C16H14ClN3O. The standard InChI is InChI=1S/C16H14ClN3O/c1-20(21)15-10-18-16(11-5-3-2-4-6-11)13-9-12(17)7-8-14(13)19-15/h2-9,21H,10H2,1H3. The fourth-order valence-electron chi connectivity index (χ4n) is 2.22. The summed E-state index contributed by atoms with van der Waals surface area (Å²) in [5.41, 5.74) is 3.44. The zero-order chi connectivity index (χ0) is 14.8. The Labute approximate surface area is 128 Å². The normalized spacial score (nSPS) is 13.9. The molecule has 2 aromatic carbocycles. The highest BCUT2D eigenvalue weighted by molar-refractivity contribution is 6.31. The van der Waals surface area contributed by atoms with E-state index in [1.165, 1.54) is 7.05 Å². The van der Waals surface area contributed by atoms with E-state index >= 15 is 0 Å². The molecule has 3 rings (SSSR count). The predicted molar refractivity (Wildman–Crippen MR) is 85.0 cm³/mol. The van der Waals surface area contributed by atoms with Crippen LogP contribution in [0.5, 0.6) is 0 Å². The molecule has 4 nitrogen and oxygen atoms in total. The molecule has 0 aromatic heterocycles. The van der Waals surface area contributed by atoms with Gasteiger partial charge in [-0.05, 0) is 18.2 Å². The van der Waals surface area contributed by atoms with Gasteiger partial charge in [0.1, 0.15) is 5.84 Å². The fraction of sp³-hybridized carbons (Fsp3) is 0.125. The average molecular weight is 300 g/mol. The van der Waals surface area contributed by atoms with E-state index in [1.54, 1.807) is 6.07 Å². The lowest BCUT2D eigenvalue weighted by molar-refractivity contribution is 0.0123. The molecule has 1 aliphatic heterocycles. The molecule has 0 amide bonds. The van der Waals surface area contributed by atoms with Crippen molar-refractivity contribution in [2.75, 3.05) is 13.6 Å². The van der Waals surface area contributed by atoms with E-state index in [4.69, 9.17) is 11.6 Å². The third kappa shape index (κ3) is 2.82. The summed E-state index contributed by atoms with van der Waals surface area (Å²) >= 11 is 6.12. The number of aliphatic imine (C=N–C) groups is 2. The second-order valence-corrected chi connectivity index (χ2v) is 5.18. The molecule has 0 unspecified atom stereocenters. The second kappa shape index (κ2) is 5.68. The summed E-state index contributed by atoms with van der Waals surface area (Å²) < 4.78 is 0. The van der Waals surface area contributed by atoms with Gasteiger partial charge >= 0.3 is 0 Å².